The maximum absolute atomic E-state index is 13.8. The van der Waals surface area contributed by atoms with Gasteiger partial charge in [0.2, 0.25) is 0 Å². The molecule has 10 atom stereocenters. The zero-order valence-electron chi connectivity index (χ0n) is 28.3. The third kappa shape index (κ3) is 6.20. The van der Waals surface area contributed by atoms with Gasteiger partial charge in [-0.1, -0.05) is 39.3 Å². The Morgan fingerprint density at radius 3 is 2.23 bits per heavy atom. The fraction of sp³-hybridized carbons (Fsp3) is 0.763. The first-order valence-corrected chi connectivity index (χ1v) is 18.2. The van der Waals surface area contributed by atoms with Crippen molar-refractivity contribution in [3.05, 3.63) is 35.4 Å². The van der Waals surface area contributed by atoms with Gasteiger partial charge in [0.05, 0.1) is 6.10 Å². The second-order valence-electron chi connectivity index (χ2n) is 15.7. The highest BCUT2D eigenvalue weighted by molar-refractivity contribution is 7.79. The van der Waals surface area contributed by atoms with E-state index < -0.39 is 6.10 Å². The van der Waals surface area contributed by atoms with Crippen molar-refractivity contribution in [3.8, 4) is 0 Å². The maximum Gasteiger partial charge on any atom is 0.163 e. The SMILES string of the molecule is CCC1(CC(=O)c2cc(N)cc(N)c2)C(O)CCC2(C)C3CCC4(C)C(C(C)CCC=C(C)C)CCC4C3CCC21.CS. The summed E-state index contributed by atoms with van der Waals surface area (Å²) in [4.78, 5) is 13.8. The third-order valence-corrected chi connectivity index (χ3v) is 13.6. The van der Waals surface area contributed by atoms with Gasteiger partial charge in [0.1, 0.15) is 0 Å². The molecule has 1 aromatic carbocycles. The fourth-order valence-corrected chi connectivity index (χ4v) is 11.6. The molecule has 4 fully saturated rings. The van der Waals surface area contributed by atoms with Crippen LogP contribution in [-0.4, -0.2) is 23.2 Å². The zero-order valence-corrected chi connectivity index (χ0v) is 29.2. The van der Waals surface area contributed by atoms with E-state index in [0.717, 1.165) is 49.4 Å². The number of hydrogen-bond acceptors (Lipinski definition) is 5. The average molecular weight is 611 g/mol. The predicted octanol–water partition coefficient (Wildman–Crippen LogP) is 9.38. The number of thiol groups is 1. The number of aliphatic hydroxyl groups is 1. The molecular weight excluding hydrogens is 548 g/mol. The number of aliphatic hydroxyl groups excluding tert-OH is 1. The molecule has 0 aromatic heterocycles. The Labute approximate surface area is 268 Å². The highest BCUT2D eigenvalue weighted by Crippen LogP contribution is 2.71. The zero-order chi connectivity index (χ0) is 31.7. The summed E-state index contributed by atoms with van der Waals surface area (Å²) in [6.07, 6.45) is 17.2. The standard InChI is InChI=1S/C37H58N2O2.CH4S/c1-7-37(22-32(40)25-19-26(38)21-27(39)20-25)33-14-11-28-30-13-12-29(24(4)10-8-9-23(2)3)35(30,5)17-15-31(28)36(33,6)18-16-34(37)41;1-2/h9,19-21,24,28-31,33-34,41H,7-8,10-18,22,38-39H2,1-6H3;2H,1H3. The van der Waals surface area contributed by atoms with Crippen LogP contribution in [0.2, 0.25) is 0 Å². The molecule has 10 unspecified atom stereocenters. The quantitative estimate of drug-likeness (QED) is 0.102. The molecule has 5 heteroatoms. The Kier molecular flexibility index (Phi) is 10.8. The van der Waals surface area contributed by atoms with Crippen molar-refractivity contribution in [3.63, 3.8) is 0 Å². The van der Waals surface area contributed by atoms with Crippen LogP contribution in [0.3, 0.4) is 0 Å². The van der Waals surface area contributed by atoms with Crippen LogP contribution in [0.15, 0.2) is 29.8 Å². The van der Waals surface area contributed by atoms with Crippen LogP contribution < -0.4 is 11.5 Å². The summed E-state index contributed by atoms with van der Waals surface area (Å²) in [5.41, 5.74) is 15.5. The molecule has 4 aliphatic carbocycles. The van der Waals surface area contributed by atoms with Gasteiger partial charge in [-0.25, -0.2) is 0 Å². The van der Waals surface area contributed by atoms with E-state index in [2.05, 4.69) is 60.2 Å². The Hall–Kier alpha value is -1.46. The molecule has 242 valence electrons. The average Bonchev–Trinajstić information content (AvgIpc) is 3.32. The van der Waals surface area contributed by atoms with Crippen LogP contribution in [0.4, 0.5) is 11.4 Å². The number of carbonyl (C=O) groups is 1. The minimum absolute atomic E-state index is 0.0771. The number of fused-ring (bicyclic) bond motifs is 5. The molecule has 0 bridgehead atoms. The van der Waals surface area contributed by atoms with Crippen molar-refractivity contribution in [2.24, 2.45) is 51.8 Å². The molecule has 4 nitrogen and oxygen atoms in total. The van der Waals surface area contributed by atoms with Crippen molar-refractivity contribution in [1.29, 1.82) is 0 Å². The van der Waals surface area contributed by atoms with E-state index in [1.165, 1.54) is 50.5 Å². The van der Waals surface area contributed by atoms with Gasteiger partial charge in [0.15, 0.2) is 5.78 Å². The van der Waals surface area contributed by atoms with Gasteiger partial charge >= 0.3 is 0 Å². The first-order chi connectivity index (χ1) is 20.4. The summed E-state index contributed by atoms with van der Waals surface area (Å²) in [6.45, 7) is 14.4. The molecule has 0 saturated heterocycles. The minimum atomic E-state index is -0.434. The first kappa shape index (κ1) is 34.4. The highest BCUT2D eigenvalue weighted by atomic mass is 32.1. The lowest BCUT2D eigenvalue weighted by molar-refractivity contribution is -0.190. The Bertz CT molecular complexity index is 1140. The number of carbonyl (C=O) groups excluding carboxylic acids is 1. The molecule has 0 aliphatic heterocycles. The van der Waals surface area contributed by atoms with Crippen LogP contribution in [-0.2, 0) is 0 Å². The molecular formula is C38H62N2O2S. The number of nitrogen functional groups attached to an aromatic ring is 2. The van der Waals surface area contributed by atoms with Gasteiger partial charge in [-0.3, -0.25) is 4.79 Å². The molecule has 0 spiro atoms. The summed E-state index contributed by atoms with van der Waals surface area (Å²) >= 11 is 3.53. The van der Waals surface area contributed by atoms with Gasteiger partial charge in [-0.05, 0) is 155 Å². The van der Waals surface area contributed by atoms with Crippen LogP contribution in [0.5, 0.6) is 0 Å². The van der Waals surface area contributed by atoms with E-state index in [-0.39, 0.29) is 16.6 Å². The number of nitrogens with two attached hydrogens (primary N) is 2. The van der Waals surface area contributed by atoms with Crippen LogP contribution in [0.1, 0.15) is 129 Å². The fourth-order valence-electron chi connectivity index (χ4n) is 11.6. The van der Waals surface area contributed by atoms with Crippen molar-refractivity contribution in [1.82, 2.24) is 0 Å². The van der Waals surface area contributed by atoms with Crippen LogP contribution in [0.25, 0.3) is 0 Å². The van der Waals surface area contributed by atoms with Crippen molar-refractivity contribution < 1.29 is 9.90 Å². The van der Waals surface area contributed by atoms with E-state index in [4.69, 9.17) is 11.5 Å². The number of allylic oxidation sites excluding steroid dienone is 2. The van der Waals surface area contributed by atoms with Crippen molar-refractivity contribution in [2.45, 2.75) is 125 Å². The Morgan fingerprint density at radius 2 is 1.60 bits per heavy atom. The number of benzene rings is 1. The molecule has 5 N–H and O–H groups in total. The van der Waals surface area contributed by atoms with Gasteiger partial charge in [0.25, 0.3) is 0 Å². The minimum Gasteiger partial charge on any atom is -0.399 e. The van der Waals surface area contributed by atoms with Gasteiger partial charge in [-0.2, -0.15) is 12.6 Å². The largest absolute Gasteiger partial charge is 0.399 e. The van der Waals surface area contributed by atoms with Gasteiger partial charge in [-0.15, -0.1) is 0 Å². The van der Waals surface area contributed by atoms with Crippen LogP contribution in [0, 0.1) is 51.8 Å². The van der Waals surface area contributed by atoms with E-state index >= 15 is 0 Å². The second kappa shape index (κ2) is 13.5. The van der Waals surface area contributed by atoms with Gasteiger partial charge in [0, 0.05) is 28.8 Å². The second-order valence-corrected chi connectivity index (χ2v) is 15.7. The molecule has 4 aliphatic rings. The number of anilines is 2. The van der Waals surface area contributed by atoms with Crippen LogP contribution >= 0.6 is 12.6 Å². The number of hydrogen-bond donors (Lipinski definition) is 4. The Balaban J connectivity index is 0.00000207. The summed E-state index contributed by atoms with van der Waals surface area (Å²) in [5.74, 6) is 4.40. The smallest absolute Gasteiger partial charge is 0.163 e. The first-order valence-electron chi connectivity index (χ1n) is 17.3. The van der Waals surface area contributed by atoms with E-state index in [1.54, 1.807) is 24.5 Å². The highest BCUT2D eigenvalue weighted by Gasteiger charge is 2.65. The molecule has 5 rings (SSSR count). The van der Waals surface area contributed by atoms with E-state index in [0.29, 0.717) is 40.6 Å². The molecule has 0 heterocycles. The van der Waals surface area contributed by atoms with Crippen molar-refractivity contribution >= 4 is 29.8 Å². The lowest BCUT2D eigenvalue weighted by Crippen LogP contribution is -2.61. The molecule has 0 radical (unpaired) electrons. The third-order valence-electron chi connectivity index (χ3n) is 13.6. The lowest BCUT2D eigenvalue weighted by atomic mass is 9.39. The normalized spacial score (nSPS) is 38.9. The topological polar surface area (TPSA) is 89.3 Å². The Morgan fingerprint density at radius 1 is 0.977 bits per heavy atom. The van der Waals surface area contributed by atoms with E-state index in [1.807, 2.05) is 0 Å². The number of rotatable bonds is 8. The number of ketones is 1. The van der Waals surface area contributed by atoms with E-state index in [9.17, 15) is 9.90 Å². The monoisotopic (exact) mass is 610 g/mol. The van der Waals surface area contributed by atoms with Gasteiger partial charge < -0.3 is 16.6 Å². The lowest BCUT2D eigenvalue weighted by Gasteiger charge is -2.66. The summed E-state index contributed by atoms with van der Waals surface area (Å²) < 4.78 is 0. The summed E-state index contributed by atoms with van der Waals surface area (Å²) in [6, 6.07) is 5.22. The predicted molar refractivity (Wildman–Crippen MR) is 186 cm³/mol. The molecule has 43 heavy (non-hydrogen) atoms. The summed E-state index contributed by atoms with van der Waals surface area (Å²) in [5, 5.41) is 11.7. The molecule has 1 aromatic rings. The van der Waals surface area contributed by atoms with Crippen molar-refractivity contribution in [2.75, 3.05) is 17.7 Å². The molecule has 4 saturated carbocycles. The summed E-state index contributed by atoms with van der Waals surface area (Å²) in [7, 11) is 0. The number of Topliss-reactive ketones (excluding diaryl/α,β-unsaturated/α-hetero) is 1. The maximum atomic E-state index is 13.8. The molecule has 0 amide bonds.